The maximum atomic E-state index is 12.5. The summed E-state index contributed by atoms with van der Waals surface area (Å²) in [5.74, 6) is 3.48. The lowest BCUT2D eigenvalue weighted by Crippen LogP contribution is -2.47. The second-order valence-electron chi connectivity index (χ2n) is 8.23. The molecule has 2 saturated heterocycles. The van der Waals surface area contributed by atoms with Crippen molar-refractivity contribution in [1.29, 1.82) is 0 Å². The van der Waals surface area contributed by atoms with Crippen molar-refractivity contribution in [1.82, 2.24) is 14.5 Å². The second kappa shape index (κ2) is 11.8. The predicted molar refractivity (Wildman–Crippen MR) is 121 cm³/mol. The van der Waals surface area contributed by atoms with Gasteiger partial charge in [0.05, 0.1) is 18.4 Å². The van der Waals surface area contributed by atoms with Gasteiger partial charge in [-0.3, -0.25) is 4.99 Å². The first-order chi connectivity index (χ1) is 14.1. The smallest absolute Gasteiger partial charge is 0.215 e. The Morgan fingerprint density at radius 1 is 1.10 bits per heavy atom. The van der Waals surface area contributed by atoms with Crippen molar-refractivity contribution in [2.24, 2.45) is 10.9 Å². The van der Waals surface area contributed by atoms with Crippen LogP contribution in [0.15, 0.2) is 4.99 Å². The van der Waals surface area contributed by atoms with E-state index in [2.05, 4.69) is 22.1 Å². The zero-order valence-electron chi connectivity index (χ0n) is 17.9. The fourth-order valence-electron chi connectivity index (χ4n) is 4.33. The van der Waals surface area contributed by atoms with Gasteiger partial charge >= 0.3 is 0 Å². The Morgan fingerprint density at radius 3 is 2.45 bits per heavy atom. The fraction of sp³-hybridized carbons (Fsp3) is 0.950. The highest BCUT2D eigenvalue weighted by molar-refractivity contribution is 7.99. The number of nitrogens with one attached hydrogen (secondary N) is 1. The number of sulfonamides is 1. The van der Waals surface area contributed by atoms with Gasteiger partial charge in [0.2, 0.25) is 10.0 Å². The van der Waals surface area contributed by atoms with Crippen LogP contribution in [0, 0.1) is 5.92 Å². The van der Waals surface area contributed by atoms with Crippen molar-refractivity contribution < 1.29 is 13.2 Å². The van der Waals surface area contributed by atoms with Gasteiger partial charge in [0.25, 0.3) is 0 Å². The molecule has 168 valence electrons. The Balaban J connectivity index is 1.43. The number of thioether (sulfide) groups is 1. The molecule has 0 atom stereocenters. The summed E-state index contributed by atoms with van der Waals surface area (Å²) < 4.78 is 32.8. The zero-order chi connectivity index (χ0) is 20.5. The molecule has 2 aliphatic heterocycles. The highest BCUT2D eigenvalue weighted by atomic mass is 32.2. The molecule has 1 aliphatic carbocycles. The molecule has 0 unspecified atom stereocenters. The molecule has 0 amide bonds. The molecule has 1 saturated carbocycles. The van der Waals surface area contributed by atoms with Crippen LogP contribution in [0.5, 0.6) is 0 Å². The Labute approximate surface area is 181 Å². The van der Waals surface area contributed by atoms with Gasteiger partial charge in [0.1, 0.15) is 0 Å². The number of rotatable bonds is 8. The zero-order valence-corrected chi connectivity index (χ0v) is 19.5. The van der Waals surface area contributed by atoms with E-state index in [9.17, 15) is 8.42 Å². The molecular weight excluding hydrogens is 408 g/mol. The average Bonchev–Trinajstić information content (AvgIpc) is 3.26. The van der Waals surface area contributed by atoms with Crippen LogP contribution in [-0.2, 0) is 14.8 Å². The largest absolute Gasteiger partial charge is 0.378 e. The van der Waals surface area contributed by atoms with Gasteiger partial charge in [0, 0.05) is 50.8 Å². The van der Waals surface area contributed by atoms with Crippen LogP contribution in [0.1, 0.15) is 45.4 Å². The number of likely N-dealkylation sites (tertiary alicyclic amines) is 1. The number of ether oxygens (including phenoxy) is 1. The monoisotopic (exact) mass is 446 g/mol. The van der Waals surface area contributed by atoms with Crippen molar-refractivity contribution in [3.63, 3.8) is 0 Å². The first kappa shape index (κ1) is 23.2. The maximum Gasteiger partial charge on any atom is 0.215 e. The van der Waals surface area contributed by atoms with E-state index in [-0.39, 0.29) is 5.75 Å². The lowest BCUT2D eigenvalue weighted by atomic mass is 10.1. The summed E-state index contributed by atoms with van der Waals surface area (Å²) in [5.41, 5.74) is 0. The third-order valence-corrected chi connectivity index (χ3v) is 8.89. The molecule has 0 aromatic heterocycles. The van der Waals surface area contributed by atoms with Gasteiger partial charge in [-0.15, -0.1) is 0 Å². The minimum atomic E-state index is -3.20. The molecule has 29 heavy (non-hydrogen) atoms. The normalized spacial score (nSPS) is 23.6. The first-order valence-electron chi connectivity index (χ1n) is 11.3. The summed E-state index contributed by atoms with van der Waals surface area (Å²) in [7, 11) is -3.20. The van der Waals surface area contributed by atoms with Crippen LogP contribution in [0.4, 0.5) is 0 Å². The van der Waals surface area contributed by atoms with Crippen molar-refractivity contribution >= 4 is 27.7 Å². The maximum absolute atomic E-state index is 12.5. The molecule has 3 rings (SSSR count). The van der Waals surface area contributed by atoms with Crippen molar-refractivity contribution in [3.8, 4) is 0 Å². The molecule has 0 spiro atoms. The third-order valence-electron chi connectivity index (χ3n) is 6.09. The molecule has 0 aromatic rings. The highest BCUT2D eigenvalue weighted by Gasteiger charge is 2.25. The highest BCUT2D eigenvalue weighted by Crippen LogP contribution is 2.26. The van der Waals surface area contributed by atoms with E-state index < -0.39 is 10.0 Å². The van der Waals surface area contributed by atoms with E-state index in [0.717, 1.165) is 62.5 Å². The first-order valence-corrected chi connectivity index (χ1v) is 14.1. The van der Waals surface area contributed by atoms with Crippen LogP contribution in [0.25, 0.3) is 0 Å². The Morgan fingerprint density at radius 2 is 1.79 bits per heavy atom. The number of piperidine rings is 1. The summed E-state index contributed by atoms with van der Waals surface area (Å²) in [6, 6.07) is 0. The summed E-state index contributed by atoms with van der Waals surface area (Å²) in [6.07, 6.45) is 7.77. The van der Waals surface area contributed by atoms with Gasteiger partial charge < -0.3 is 15.0 Å². The van der Waals surface area contributed by atoms with Crippen molar-refractivity contribution in [2.75, 3.05) is 63.1 Å². The van der Waals surface area contributed by atoms with E-state index in [1.165, 1.54) is 25.7 Å². The molecule has 9 heteroatoms. The van der Waals surface area contributed by atoms with E-state index in [1.54, 1.807) is 4.31 Å². The fourth-order valence-corrected chi connectivity index (χ4v) is 6.78. The van der Waals surface area contributed by atoms with Crippen LogP contribution in [-0.4, -0.2) is 92.8 Å². The Bertz CT molecular complexity index is 609. The van der Waals surface area contributed by atoms with Crippen LogP contribution < -0.4 is 5.32 Å². The third kappa shape index (κ3) is 7.29. The second-order valence-corrected chi connectivity index (χ2v) is 11.5. The topological polar surface area (TPSA) is 74.2 Å². The van der Waals surface area contributed by atoms with Crippen LogP contribution in [0.2, 0.25) is 0 Å². The van der Waals surface area contributed by atoms with Gasteiger partial charge in [-0.1, -0.05) is 12.8 Å². The van der Waals surface area contributed by atoms with E-state index >= 15 is 0 Å². The number of nitrogens with zero attached hydrogens (tertiary/aromatic N) is 3. The van der Waals surface area contributed by atoms with Crippen LogP contribution in [0.3, 0.4) is 0 Å². The minimum absolute atomic E-state index is 0.0908. The molecular formula is C20H38N4O3S2. The van der Waals surface area contributed by atoms with E-state index in [1.807, 2.05) is 11.8 Å². The molecule has 3 aliphatic rings. The van der Waals surface area contributed by atoms with Crippen molar-refractivity contribution in [3.05, 3.63) is 0 Å². The van der Waals surface area contributed by atoms with E-state index in [0.29, 0.717) is 25.7 Å². The number of hydrogen-bond acceptors (Lipinski definition) is 5. The van der Waals surface area contributed by atoms with Gasteiger partial charge in [-0.2, -0.15) is 11.8 Å². The molecule has 0 aromatic carbocycles. The quantitative estimate of drug-likeness (QED) is 0.454. The summed E-state index contributed by atoms with van der Waals surface area (Å²) in [6.45, 7) is 7.16. The van der Waals surface area contributed by atoms with Crippen LogP contribution >= 0.6 is 11.8 Å². The Hall–Kier alpha value is -0.510. The number of hydrogen-bond donors (Lipinski definition) is 1. The van der Waals surface area contributed by atoms with Crippen molar-refractivity contribution in [2.45, 2.75) is 51.6 Å². The number of aliphatic imine (C=N–C) groups is 1. The predicted octanol–water partition coefficient (Wildman–Crippen LogP) is 2.00. The lowest BCUT2D eigenvalue weighted by Gasteiger charge is -2.34. The standard InChI is InChI=1S/C20H38N4O3S2/c1-2-21-20(22-9-16-29(25,26)24-12-14-28-15-13-24)23-10-7-19(8-11-23)27-17-18-5-3-4-6-18/h18-19H,2-17H2,1H3,(H,21,22). The van der Waals surface area contributed by atoms with Gasteiger partial charge in [-0.25, -0.2) is 12.7 Å². The average molecular weight is 447 g/mol. The molecule has 2 heterocycles. The van der Waals surface area contributed by atoms with Gasteiger partial charge in [-0.05, 0) is 38.5 Å². The molecule has 7 nitrogen and oxygen atoms in total. The SMILES string of the molecule is CCNC(=NCCS(=O)(=O)N1CCSCC1)N1CCC(OCC2CCCC2)CC1. The van der Waals surface area contributed by atoms with Gasteiger partial charge in [0.15, 0.2) is 5.96 Å². The lowest BCUT2D eigenvalue weighted by molar-refractivity contribution is 0.00102. The number of guanidine groups is 1. The molecule has 3 fully saturated rings. The molecule has 0 bridgehead atoms. The summed E-state index contributed by atoms with van der Waals surface area (Å²) in [5, 5.41) is 3.33. The minimum Gasteiger partial charge on any atom is -0.378 e. The molecule has 1 N–H and O–H groups in total. The van der Waals surface area contributed by atoms with E-state index in [4.69, 9.17) is 4.74 Å². The molecule has 0 radical (unpaired) electrons. The Kier molecular flexibility index (Phi) is 9.40. The summed E-state index contributed by atoms with van der Waals surface area (Å²) >= 11 is 1.82. The summed E-state index contributed by atoms with van der Waals surface area (Å²) in [4.78, 5) is 6.88.